The van der Waals surface area contributed by atoms with Crippen LogP contribution in [0.2, 0.25) is 0 Å². The Morgan fingerprint density at radius 3 is 2.48 bits per heavy atom. The molecule has 0 saturated carbocycles. The first-order chi connectivity index (χ1) is 13.0. The Labute approximate surface area is 163 Å². The molecule has 1 heterocycles. The number of rotatable bonds is 10. The Morgan fingerprint density at radius 2 is 1.85 bits per heavy atom. The van der Waals surface area contributed by atoms with Crippen LogP contribution in [0.4, 0.5) is 0 Å². The molecule has 0 aliphatic carbocycles. The van der Waals surface area contributed by atoms with Gasteiger partial charge in [0, 0.05) is 52.2 Å². The fourth-order valence-electron chi connectivity index (χ4n) is 3.46. The van der Waals surface area contributed by atoms with Gasteiger partial charge in [-0.05, 0) is 30.0 Å². The second-order valence-electron chi connectivity index (χ2n) is 7.51. The predicted molar refractivity (Wildman–Crippen MR) is 109 cm³/mol. The van der Waals surface area contributed by atoms with E-state index in [1.165, 1.54) is 5.56 Å². The molecule has 6 heteroatoms. The van der Waals surface area contributed by atoms with Crippen LogP contribution in [-0.2, 0) is 11.2 Å². The second-order valence-corrected chi connectivity index (χ2v) is 7.51. The van der Waals surface area contributed by atoms with Crippen molar-refractivity contribution in [2.45, 2.75) is 26.7 Å². The number of nitrogens with zero attached hydrogens (tertiary/aromatic N) is 2. The van der Waals surface area contributed by atoms with Crippen molar-refractivity contribution in [3.05, 3.63) is 23.8 Å². The minimum absolute atomic E-state index is 0.274. The summed E-state index contributed by atoms with van der Waals surface area (Å²) in [5, 5.41) is 3.29. The summed E-state index contributed by atoms with van der Waals surface area (Å²) in [6, 6.07) is 6.08. The number of hydrogen-bond acceptors (Lipinski definition) is 5. The van der Waals surface area contributed by atoms with Crippen LogP contribution in [0.15, 0.2) is 18.2 Å². The van der Waals surface area contributed by atoms with Gasteiger partial charge in [0.2, 0.25) is 5.91 Å². The maximum Gasteiger partial charge on any atom is 0.223 e. The lowest BCUT2D eigenvalue weighted by Crippen LogP contribution is -2.47. The fourth-order valence-corrected chi connectivity index (χ4v) is 3.46. The lowest BCUT2D eigenvalue weighted by atomic mass is 10.1. The lowest BCUT2D eigenvalue weighted by molar-refractivity contribution is -0.132. The van der Waals surface area contributed by atoms with Gasteiger partial charge in [-0.25, -0.2) is 0 Å². The summed E-state index contributed by atoms with van der Waals surface area (Å²) in [6.45, 7) is 10.7. The van der Waals surface area contributed by atoms with Crippen LogP contribution in [0.3, 0.4) is 0 Å². The molecule has 0 aromatic heterocycles. The number of methoxy groups -OCH3 is 2. The normalized spacial score (nSPS) is 14.7. The number of benzene rings is 1. The zero-order valence-corrected chi connectivity index (χ0v) is 17.3. The van der Waals surface area contributed by atoms with Gasteiger partial charge in [-0.1, -0.05) is 19.9 Å². The maximum absolute atomic E-state index is 12.5. The van der Waals surface area contributed by atoms with Gasteiger partial charge in [0.1, 0.15) is 0 Å². The number of hydrogen-bond donors (Lipinski definition) is 1. The second kappa shape index (κ2) is 11.1. The van der Waals surface area contributed by atoms with Gasteiger partial charge >= 0.3 is 0 Å². The van der Waals surface area contributed by atoms with Crippen molar-refractivity contribution in [3.8, 4) is 11.5 Å². The molecule has 1 saturated heterocycles. The van der Waals surface area contributed by atoms with E-state index in [1.807, 2.05) is 17.0 Å². The molecular formula is C21H35N3O3. The molecule has 1 aromatic rings. The first-order valence-corrected chi connectivity index (χ1v) is 9.95. The quantitative estimate of drug-likeness (QED) is 0.676. The van der Waals surface area contributed by atoms with Gasteiger partial charge in [-0.15, -0.1) is 0 Å². The molecule has 1 amide bonds. The van der Waals surface area contributed by atoms with Crippen molar-refractivity contribution < 1.29 is 14.3 Å². The lowest BCUT2D eigenvalue weighted by Gasteiger charge is -2.29. The van der Waals surface area contributed by atoms with Crippen LogP contribution >= 0.6 is 0 Å². The number of ether oxygens (including phenoxy) is 2. The van der Waals surface area contributed by atoms with Crippen molar-refractivity contribution in [2.75, 3.05) is 60.0 Å². The Kier molecular flexibility index (Phi) is 8.88. The molecule has 1 fully saturated rings. The van der Waals surface area contributed by atoms with E-state index in [9.17, 15) is 4.79 Å². The van der Waals surface area contributed by atoms with E-state index in [1.54, 1.807) is 14.2 Å². The van der Waals surface area contributed by atoms with E-state index in [-0.39, 0.29) is 5.91 Å². The fraction of sp³-hybridized carbons (Fsp3) is 0.667. The third-order valence-electron chi connectivity index (χ3n) is 4.90. The van der Waals surface area contributed by atoms with E-state index in [4.69, 9.17) is 9.47 Å². The Hall–Kier alpha value is -1.79. The van der Waals surface area contributed by atoms with Crippen molar-refractivity contribution in [1.82, 2.24) is 15.1 Å². The summed E-state index contributed by atoms with van der Waals surface area (Å²) in [4.78, 5) is 16.8. The summed E-state index contributed by atoms with van der Waals surface area (Å²) in [7, 11) is 3.31. The Bertz CT molecular complexity index is 586. The highest BCUT2D eigenvalue weighted by molar-refractivity contribution is 5.76. The number of piperazine rings is 1. The molecule has 1 aromatic carbocycles. The van der Waals surface area contributed by atoms with Gasteiger partial charge in [0.15, 0.2) is 11.5 Å². The third-order valence-corrected chi connectivity index (χ3v) is 4.90. The molecule has 6 nitrogen and oxygen atoms in total. The highest BCUT2D eigenvalue weighted by Crippen LogP contribution is 2.27. The molecule has 0 radical (unpaired) electrons. The molecule has 27 heavy (non-hydrogen) atoms. The molecule has 0 unspecified atom stereocenters. The van der Waals surface area contributed by atoms with Gasteiger partial charge in [0.05, 0.1) is 14.2 Å². The van der Waals surface area contributed by atoms with Gasteiger partial charge < -0.3 is 24.6 Å². The van der Waals surface area contributed by atoms with E-state index in [2.05, 4.69) is 30.1 Å². The van der Waals surface area contributed by atoms with Gasteiger partial charge in [0.25, 0.3) is 0 Å². The van der Waals surface area contributed by atoms with Crippen LogP contribution in [0, 0.1) is 5.92 Å². The van der Waals surface area contributed by atoms with Crippen molar-refractivity contribution in [2.24, 2.45) is 5.92 Å². The monoisotopic (exact) mass is 377 g/mol. The number of carbonyl (C=O) groups excluding carboxylic acids is 1. The smallest absolute Gasteiger partial charge is 0.223 e. The largest absolute Gasteiger partial charge is 0.493 e. The van der Waals surface area contributed by atoms with E-state index < -0.39 is 0 Å². The molecule has 1 aliphatic heterocycles. The average Bonchev–Trinajstić information content (AvgIpc) is 2.69. The van der Waals surface area contributed by atoms with E-state index >= 15 is 0 Å². The van der Waals surface area contributed by atoms with Crippen LogP contribution in [0.5, 0.6) is 11.5 Å². The molecule has 1 N–H and O–H groups in total. The number of carbonyl (C=O) groups is 1. The molecular weight excluding hydrogens is 342 g/mol. The van der Waals surface area contributed by atoms with Gasteiger partial charge in [-0.3, -0.25) is 4.79 Å². The van der Waals surface area contributed by atoms with Crippen LogP contribution < -0.4 is 14.8 Å². The Morgan fingerprint density at radius 1 is 1.15 bits per heavy atom. The maximum atomic E-state index is 12.5. The standard InChI is InChI=1S/C21H35N3O3/c1-17(2)16-23(12-8-21(25)24-13-9-22-10-14-24)11-7-18-5-6-19(26-3)20(15-18)27-4/h5-6,15,17,22H,7-14,16H2,1-4H3. The molecule has 152 valence electrons. The van der Waals surface area contributed by atoms with E-state index in [0.29, 0.717) is 12.3 Å². The molecule has 0 spiro atoms. The zero-order chi connectivity index (χ0) is 19.6. The SMILES string of the molecule is COc1ccc(CCN(CCC(=O)N2CCNCC2)CC(C)C)cc1OC. The minimum Gasteiger partial charge on any atom is -0.493 e. The topological polar surface area (TPSA) is 54.0 Å². The molecule has 2 rings (SSSR count). The first-order valence-electron chi connectivity index (χ1n) is 9.95. The van der Waals surface area contributed by atoms with Gasteiger partial charge in [-0.2, -0.15) is 0 Å². The summed E-state index contributed by atoms with van der Waals surface area (Å²) in [5.41, 5.74) is 1.22. The summed E-state index contributed by atoms with van der Waals surface area (Å²) >= 11 is 0. The summed E-state index contributed by atoms with van der Waals surface area (Å²) in [6.07, 6.45) is 1.52. The van der Waals surface area contributed by atoms with Crippen molar-refractivity contribution in [1.29, 1.82) is 0 Å². The van der Waals surface area contributed by atoms with Crippen molar-refractivity contribution in [3.63, 3.8) is 0 Å². The highest BCUT2D eigenvalue weighted by Gasteiger charge is 2.17. The number of nitrogens with one attached hydrogen (secondary N) is 1. The molecule has 0 bridgehead atoms. The first kappa shape index (κ1) is 21.5. The van der Waals surface area contributed by atoms with Crippen LogP contribution in [-0.4, -0.2) is 75.7 Å². The zero-order valence-electron chi connectivity index (χ0n) is 17.3. The Balaban J connectivity index is 1.88. The van der Waals surface area contributed by atoms with E-state index in [0.717, 1.165) is 63.7 Å². The third kappa shape index (κ3) is 7.03. The highest BCUT2D eigenvalue weighted by atomic mass is 16.5. The average molecular weight is 378 g/mol. The van der Waals surface area contributed by atoms with Crippen LogP contribution in [0.1, 0.15) is 25.8 Å². The molecule has 1 aliphatic rings. The summed E-state index contributed by atoms with van der Waals surface area (Å²) in [5.74, 6) is 2.36. The number of amides is 1. The van der Waals surface area contributed by atoms with Crippen LogP contribution in [0.25, 0.3) is 0 Å². The molecule has 0 atom stereocenters. The predicted octanol–water partition coefficient (Wildman–Crippen LogP) is 2.03. The minimum atomic E-state index is 0.274. The summed E-state index contributed by atoms with van der Waals surface area (Å²) < 4.78 is 10.7. The van der Waals surface area contributed by atoms with Crippen molar-refractivity contribution >= 4 is 5.91 Å².